The highest BCUT2D eigenvalue weighted by atomic mass is 32.2. The molecule has 8 nitrogen and oxygen atoms in total. The van der Waals surface area contributed by atoms with Gasteiger partial charge in [0.05, 0.1) is 12.7 Å². The van der Waals surface area contributed by atoms with Crippen LogP contribution in [0.1, 0.15) is 12.1 Å². The average Bonchev–Trinajstić information content (AvgIpc) is 3.24. The normalized spacial score (nSPS) is 18.6. The third kappa shape index (κ3) is 3.33. The van der Waals surface area contributed by atoms with E-state index in [0.717, 1.165) is 5.39 Å². The van der Waals surface area contributed by atoms with Crippen molar-refractivity contribution in [2.75, 3.05) is 13.1 Å². The molecule has 1 atom stereocenters. The lowest BCUT2D eigenvalue weighted by Gasteiger charge is -2.16. The molecule has 9 heteroatoms. The summed E-state index contributed by atoms with van der Waals surface area (Å²) in [5.41, 5.74) is 1.01. The van der Waals surface area contributed by atoms with Gasteiger partial charge in [-0.25, -0.2) is 13.4 Å². The van der Waals surface area contributed by atoms with Crippen molar-refractivity contribution in [1.29, 1.82) is 0 Å². The van der Waals surface area contributed by atoms with Crippen LogP contribution in [0.25, 0.3) is 11.0 Å². The fraction of sp³-hybridized carbons (Fsp3) is 0.312. The molecule has 3 heterocycles. The Kier molecular flexibility index (Phi) is 4.10. The molecule has 1 aliphatic heterocycles. The lowest BCUT2D eigenvalue weighted by Crippen LogP contribution is -2.32. The summed E-state index contributed by atoms with van der Waals surface area (Å²) in [4.78, 5) is 7.98. The molecule has 0 aliphatic carbocycles. The summed E-state index contributed by atoms with van der Waals surface area (Å²) in [6.07, 6.45) is 4.98. The zero-order chi connectivity index (χ0) is 17.3. The number of para-hydroxylation sites is 1. The van der Waals surface area contributed by atoms with Crippen molar-refractivity contribution >= 4 is 21.0 Å². The Balaban J connectivity index is 1.46. The minimum atomic E-state index is -3.50. The molecule has 0 radical (unpaired) electrons. The molecule has 0 amide bonds. The SMILES string of the molecule is O=S(=O)(Cc1noc2ccccc12)N1CCC(Oc2cnccn2)C1. The second kappa shape index (κ2) is 6.41. The predicted molar refractivity (Wildman–Crippen MR) is 89.3 cm³/mol. The van der Waals surface area contributed by atoms with Crippen LogP contribution in [0, 0.1) is 0 Å². The first-order chi connectivity index (χ1) is 12.1. The molecule has 1 aliphatic rings. The third-order valence-electron chi connectivity index (χ3n) is 4.10. The van der Waals surface area contributed by atoms with Crippen LogP contribution in [0.2, 0.25) is 0 Å². The summed E-state index contributed by atoms with van der Waals surface area (Å²) in [6, 6.07) is 7.22. The first-order valence-electron chi connectivity index (χ1n) is 7.85. The van der Waals surface area contributed by atoms with Crippen LogP contribution in [0.3, 0.4) is 0 Å². The van der Waals surface area contributed by atoms with Crippen LogP contribution in [0.5, 0.6) is 5.88 Å². The molecule has 1 fully saturated rings. The molecular weight excluding hydrogens is 344 g/mol. The van der Waals surface area contributed by atoms with Crippen LogP contribution in [-0.4, -0.2) is 47.0 Å². The number of hydrogen-bond donors (Lipinski definition) is 0. The maximum atomic E-state index is 12.7. The fourth-order valence-electron chi connectivity index (χ4n) is 2.87. The maximum absolute atomic E-state index is 12.7. The number of benzene rings is 1. The number of ether oxygens (including phenoxy) is 1. The molecule has 3 aromatic rings. The molecule has 0 N–H and O–H groups in total. The molecular formula is C16H16N4O4S. The molecule has 130 valence electrons. The van der Waals surface area contributed by atoms with Gasteiger partial charge in [0.25, 0.3) is 0 Å². The van der Waals surface area contributed by atoms with Crippen molar-refractivity contribution in [2.45, 2.75) is 18.3 Å². The number of rotatable bonds is 5. The van der Waals surface area contributed by atoms with Crippen molar-refractivity contribution < 1.29 is 17.7 Å². The van der Waals surface area contributed by atoms with E-state index in [9.17, 15) is 8.42 Å². The van der Waals surface area contributed by atoms with E-state index < -0.39 is 10.0 Å². The summed E-state index contributed by atoms with van der Waals surface area (Å²) in [5.74, 6) is 0.205. The maximum Gasteiger partial charge on any atom is 0.232 e. The summed E-state index contributed by atoms with van der Waals surface area (Å²) < 4.78 is 37.7. The molecule has 0 saturated carbocycles. The van der Waals surface area contributed by atoms with Crippen LogP contribution >= 0.6 is 0 Å². The van der Waals surface area contributed by atoms with Crippen LogP contribution in [0.15, 0.2) is 47.4 Å². The Morgan fingerprint density at radius 3 is 3.00 bits per heavy atom. The van der Waals surface area contributed by atoms with Gasteiger partial charge in [0, 0.05) is 24.3 Å². The molecule has 0 bridgehead atoms. The highest BCUT2D eigenvalue weighted by Crippen LogP contribution is 2.24. The van der Waals surface area contributed by atoms with E-state index in [2.05, 4.69) is 15.1 Å². The van der Waals surface area contributed by atoms with Gasteiger partial charge in [0.1, 0.15) is 17.6 Å². The van der Waals surface area contributed by atoms with Crippen molar-refractivity contribution in [2.24, 2.45) is 0 Å². The van der Waals surface area contributed by atoms with Crippen molar-refractivity contribution in [3.8, 4) is 5.88 Å². The monoisotopic (exact) mass is 360 g/mol. The second-order valence-corrected chi connectivity index (χ2v) is 7.78. The van der Waals surface area contributed by atoms with E-state index in [0.29, 0.717) is 30.1 Å². The summed E-state index contributed by atoms with van der Waals surface area (Å²) in [6.45, 7) is 0.692. The van der Waals surface area contributed by atoms with E-state index in [4.69, 9.17) is 9.26 Å². The van der Waals surface area contributed by atoms with Crippen LogP contribution in [-0.2, 0) is 15.8 Å². The molecule has 1 aromatic carbocycles. The molecule has 1 saturated heterocycles. The van der Waals surface area contributed by atoms with Gasteiger partial charge in [-0.1, -0.05) is 17.3 Å². The van der Waals surface area contributed by atoms with Gasteiger partial charge >= 0.3 is 0 Å². The van der Waals surface area contributed by atoms with Gasteiger partial charge in [0.15, 0.2) is 5.58 Å². The van der Waals surface area contributed by atoms with Gasteiger partial charge in [0.2, 0.25) is 15.9 Å². The molecule has 1 unspecified atom stereocenters. The number of aromatic nitrogens is 3. The Hall–Kier alpha value is -2.52. The summed E-state index contributed by atoms with van der Waals surface area (Å²) >= 11 is 0. The quantitative estimate of drug-likeness (QED) is 0.681. The van der Waals surface area contributed by atoms with Gasteiger partial charge in [-0.15, -0.1) is 0 Å². The number of sulfonamides is 1. The smallest absolute Gasteiger partial charge is 0.232 e. The van der Waals surface area contributed by atoms with E-state index in [-0.39, 0.29) is 18.4 Å². The van der Waals surface area contributed by atoms with Crippen molar-refractivity contribution in [1.82, 2.24) is 19.4 Å². The Labute approximate surface area is 144 Å². The molecule has 0 spiro atoms. The summed E-state index contributed by atoms with van der Waals surface area (Å²) in [5, 5.41) is 4.63. The largest absolute Gasteiger partial charge is 0.472 e. The van der Waals surface area contributed by atoms with E-state index in [1.165, 1.54) is 16.7 Å². The third-order valence-corrected chi connectivity index (χ3v) is 5.86. The van der Waals surface area contributed by atoms with Crippen molar-refractivity contribution in [3.05, 3.63) is 48.5 Å². The van der Waals surface area contributed by atoms with Gasteiger partial charge in [-0.05, 0) is 18.6 Å². The van der Waals surface area contributed by atoms with E-state index in [1.807, 2.05) is 12.1 Å². The zero-order valence-corrected chi connectivity index (χ0v) is 14.1. The standard InChI is InChI=1S/C16H16N4O4S/c21-25(22,11-14-13-3-1-2-4-15(13)24-19-14)20-8-5-12(10-20)23-16-9-17-6-7-18-16/h1-4,6-7,9,12H,5,8,10-11H2. The zero-order valence-electron chi connectivity index (χ0n) is 13.3. The molecule has 25 heavy (non-hydrogen) atoms. The second-order valence-electron chi connectivity index (χ2n) is 5.81. The van der Waals surface area contributed by atoms with E-state index in [1.54, 1.807) is 18.3 Å². The Bertz CT molecular complexity index is 974. The minimum absolute atomic E-state index is 0.193. The van der Waals surface area contributed by atoms with Gasteiger partial charge in [-0.3, -0.25) is 4.98 Å². The number of nitrogens with zero attached hydrogens (tertiary/aromatic N) is 4. The predicted octanol–water partition coefficient (Wildman–Crippen LogP) is 1.60. The lowest BCUT2D eigenvalue weighted by atomic mass is 10.2. The van der Waals surface area contributed by atoms with Crippen molar-refractivity contribution in [3.63, 3.8) is 0 Å². The highest BCUT2D eigenvalue weighted by Gasteiger charge is 2.33. The molecule has 2 aromatic heterocycles. The first kappa shape index (κ1) is 16.0. The first-order valence-corrected chi connectivity index (χ1v) is 9.46. The summed E-state index contributed by atoms with van der Waals surface area (Å²) in [7, 11) is -3.50. The average molecular weight is 360 g/mol. The van der Waals surface area contributed by atoms with Crippen LogP contribution < -0.4 is 4.74 Å². The van der Waals surface area contributed by atoms with Gasteiger partial charge < -0.3 is 9.26 Å². The lowest BCUT2D eigenvalue weighted by molar-refractivity contribution is 0.206. The minimum Gasteiger partial charge on any atom is -0.472 e. The Morgan fingerprint density at radius 2 is 2.16 bits per heavy atom. The highest BCUT2D eigenvalue weighted by molar-refractivity contribution is 7.88. The number of hydrogen-bond acceptors (Lipinski definition) is 7. The fourth-order valence-corrected chi connectivity index (χ4v) is 4.38. The molecule has 4 rings (SSSR count). The van der Waals surface area contributed by atoms with Gasteiger partial charge in [-0.2, -0.15) is 4.31 Å². The van der Waals surface area contributed by atoms with Crippen LogP contribution in [0.4, 0.5) is 0 Å². The van der Waals surface area contributed by atoms with E-state index >= 15 is 0 Å². The number of fused-ring (bicyclic) bond motifs is 1. The Morgan fingerprint density at radius 1 is 1.28 bits per heavy atom. The topological polar surface area (TPSA) is 98.4 Å².